The molecule has 160 valence electrons. The number of pyridine rings is 1. The molecule has 0 radical (unpaired) electrons. The summed E-state index contributed by atoms with van der Waals surface area (Å²) in [5.74, 6) is 0.720. The van der Waals surface area contributed by atoms with Crippen LogP contribution >= 0.6 is 0 Å². The molecule has 5 rings (SSSR count). The Hall–Kier alpha value is -4.27. The Labute approximate surface area is 183 Å². The number of aromatic amines is 1. The van der Waals surface area contributed by atoms with Crippen LogP contribution in [0.4, 0.5) is 5.95 Å². The summed E-state index contributed by atoms with van der Waals surface area (Å²) >= 11 is 0. The first-order chi connectivity index (χ1) is 15.4. The van der Waals surface area contributed by atoms with Crippen molar-refractivity contribution in [1.29, 1.82) is 0 Å². The van der Waals surface area contributed by atoms with E-state index in [-0.39, 0.29) is 18.2 Å². The highest BCUT2D eigenvalue weighted by molar-refractivity contribution is 5.88. The first-order valence-electron chi connectivity index (χ1n) is 10.2. The van der Waals surface area contributed by atoms with Gasteiger partial charge in [0, 0.05) is 23.9 Å². The Morgan fingerprint density at radius 3 is 2.41 bits per heavy atom. The molecule has 5 aromatic rings. The SMILES string of the molecule is Cc1cc(-c2c(-c3ccccc3)[nH+]c(N)n3c(=O)n(Cc4coc(C)n4)nc23)cc(C)n1. The molecule has 0 spiro atoms. The van der Waals surface area contributed by atoms with Gasteiger partial charge in [-0.1, -0.05) is 30.3 Å². The smallest absolute Gasteiger partial charge is 0.411 e. The monoisotopic (exact) mass is 428 g/mol. The third-order valence-electron chi connectivity index (χ3n) is 5.22. The van der Waals surface area contributed by atoms with Crippen molar-refractivity contribution in [2.45, 2.75) is 27.3 Å². The van der Waals surface area contributed by atoms with Crippen molar-refractivity contribution in [3.05, 3.63) is 82.2 Å². The van der Waals surface area contributed by atoms with Crippen molar-refractivity contribution in [2.24, 2.45) is 0 Å². The molecule has 0 aliphatic carbocycles. The molecular formula is C23H22N7O2+. The van der Waals surface area contributed by atoms with Gasteiger partial charge in [0.1, 0.15) is 17.7 Å². The quantitative estimate of drug-likeness (QED) is 0.470. The van der Waals surface area contributed by atoms with Crippen LogP contribution in [0.3, 0.4) is 0 Å². The number of hydrogen-bond donors (Lipinski definition) is 1. The molecule has 3 N–H and O–H groups in total. The predicted molar refractivity (Wildman–Crippen MR) is 119 cm³/mol. The van der Waals surface area contributed by atoms with Gasteiger partial charge in [0.15, 0.2) is 5.89 Å². The average molecular weight is 428 g/mol. The molecule has 0 aliphatic rings. The summed E-state index contributed by atoms with van der Waals surface area (Å²) < 4.78 is 8.00. The van der Waals surface area contributed by atoms with Crippen LogP contribution in [0.2, 0.25) is 0 Å². The number of aryl methyl sites for hydroxylation is 3. The zero-order chi connectivity index (χ0) is 22.4. The van der Waals surface area contributed by atoms with Gasteiger partial charge in [-0.15, -0.1) is 9.50 Å². The van der Waals surface area contributed by atoms with Crippen LogP contribution in [-0.4, -0.2) is 24.1 Å². The van der Waals surface area contributed by atoms with E-state index in [0.29, 0.717) is 17.2 Å². The van der Waals surface area contributed by atoms with E-state index in [1.165, 1.54) is 15.3 Å². The summed E-state index contributed by atoms with van der Waals surface area (Å²) in [6.07, 6.45) is 1.52. The molecular weight excluding hydrogens is 406 g/mol. The molecule has 0 bridgehead atoms. The number of rotatable bonds is 4. The van der Waals surface area contributed by atoms with Crippen LogP contribution in [0.5, 0.6) is 0 Å². The number of aromatic nitrogens is 6. The fourth-order valence-corrected chi connectivity index (χ4v) is 3.96. The average Bonchev–Trinajstić information content (AvgIpc) is 3.31. The van der Waals surface area contributed by atoms with Crippen molar-refractivity contribution < 1.29 is 9.40 Å². The number of nitrogen functional groups attached to an aromatic ring is 1. The predicted octanol–water partition coefficient (Wildman–Crippen LogP) is 2.58. The van der Waals surface area contributed by atoms with E-state index in [2.05, 4.69) is 20.1 Å². The minimum atomic E-state index is -0.363. The zero-order valence-electron chi connectivity index (χ0n) is 18.0. The van der Waals surface area contributed by atoms with Crippen LogP contribution in [0.25, 0.3) is 28.0 Å². The fourth-order valence-electron chi connectivity index (χ4n) is 3.96. The number of H-pyrrole nitrogens is 1. The molecule has 1 aromatic carbocycles. The Kier molecular flexibility index (Phi) is 4.58. The fraction of sp³-hybridized carbons (Fsp3) is 0.174. The lowest BCUT2D eigenvalue weighted by Crippen LogP contribution is -2.28. The first kappa shape index (κ1) is 19.7. The maximum atomic E-state index is 13.2. The molecule has 0 amide bonds. The first-order valence-corrected chi connectivity index (χ1v) is 10.2. The highest BCUT2D eigenvalue weighted by Crippen LogP contribution is 2.32. The van der Waals surface area contributed by atoms with Gasteiger partial charge in [0.2, 0.25) is 5.65 Å². The summed E-state index contributed by atoms with van der Waals surface area (Å²) in [6, 6.07) is 13.8. The minimum absolute atomic E-state index is 0.172. The van der Waals surface area contributed by atoms with Gasteiger partial charge in [0.05, 0.1) is 12.1 Å². The van der Waals surface area contributed by atoms with Gasteiger partial charge in [-0.05, 0) is 31.5 Å². The molecule has 0 unspecified atom stereocenters. The second kappa shape index (κ2) is 7.45. The van der Waals surface area contributed by atoms with Gasteiger partial charge < -0.3 is 4.42 Å². The highest BCUT2D eigenvalue weighted by Gasteiger charge is 2.26. The lowest BCUT2D eigenvalue weighted by Gasteiger charge is -2.10. The number of hydrogen-bond acceptors (Lipinski definition) is 6. The molecule has 32 heavy (non-hydrogen) atoms. The maximum Gasteiger partial charge on any atom is 0.411 e. The number of oxazole rings is 1. The number of nitrogens with two attached hydrogens (primary N) is 1. The minimum Gasteiger partial charge on any atom is -0.449 e. The summed E-state index contributed by atoms with van der Waals surface area (Å²) in [5, 5.41) is 4.66. The van der Waals surface area contributed by atoms with Gasteiger partial charge in [-0.2, -0.15) is 4.68 Å². The third-order valence-corrected chi connectivity index (χ3v) is 5.22. The molecule has 4 aromatic heterocycles. The lowest BCUT2D eigenvalue weighted by molar-refractivity contribution is -0.351. The van der Waals surface area contributed by atoms with Gasteiger partial charge in [0.25, 0.3) is 0 Å². The number of benzene rings is 1. The molecule has 4 heterocycles. The Balaban J connectivity index is 1.83. The van der Waals surface area contributed by atoms with Crippen molar-refractivity contribution in [2.75, 3.05) is 5.73 Å². The summed E-state index contributed by atoms with van der Waals surface area (Å²) in [5.41, 5.74) is 12.1. The largest absolute Gasteiger partial charge is 0.449 e. The number of nitrogens with zero attached hydrogens (tertiary/aromatic N) is 5. The van der Waals surface area contributed by atoms with Gasteiger partial charge in [-0.3, -0.25) is 10.7 Å². The number of fused-ring (bicyclic) bond motifs is 1. The number of nitrogens with one attached hydrogen (secondary N) is 1. The topological polar surface area (TPSA) is 118 Å². The van der Waals surface area contributed by atoms with Crippen LogP contribution in [0.1, 0.15) is 23.0 Å². The van der Waals surface area contributed by atoms with Crippen molar-refractivity contribution in [3.8, 4) is 22.4 Å². The Bertz CT molecular complexity index is 1490. The maximum absolute atomic E-state index is 13.2. The third kappa shape index (κ3) is 3.33. The van der Waals surface area contributed by atoms with Crippen LogP contribution < -0.4 is 16.4 Å². The summed E-state index contributed by atoms with van der Waals surface area (Å²) in [6.45, 7) is 5.80. The molecule has 0 fully saturated rings. The second-order valence-corrected chi connectivity index (χ2v) is 7.72. The van der Waals surface area contributed by atoms with Gasteiger partial charge in [-0.25, -0.2) is 14.8 Å². The molecule has 0 atom stereocenters. The van der Waals surface area contributed by atoms with E-state index in [1.54, 1.807) is 6.92 Å². The van der Waals surface area contributed by atoms with Crippen LogP contribution in [0.15, 0.2) is 57.9 Å². The van der Waals surface area contributed by atoms with E-state index >= 15 is 0 Å². The van der Waals surface area contributed by atoms with E-state index in [0.717, 1.165) is 33.8 Å². The zero-order valence-corrected chi connectivity index (χ0v) is 18.0. The summed E-state index contributed by atoms with van der Waals surface area (Å²) in [7, 11) is 0. The van der Waals surface area contributed by atoms with Crippen LogP contribution in [-0.2, 0) is 6.54 Å². The van der Waals surface area contributed by atoms with Crippen molar-refractivity contribution >= 4 is 11.6 Å². The standard InChI is InChI=1S/C23H21N7O2/c1-13-9-17(10-14(2)25-13)19-20(16-7-5-4-6-8-16)27-22(24)30-21(19)28-29(23(30)31)11-18-12-32-15(3)26-18/h4-10,12H,11H2,1-3H3,(H2,24,27)/p+1. The molecule has 0 aliphatic heterocycles. The summed E-state index contributed by atoms with van der Waals surface area (Å²) in [4.78, 5) is 25.2. The molecule has 0 saturated heterocycles. The van der Waals surface area contributed by atoms with Crippen molar-refractivity contribution in [1.82, 2.24) is 24.1 Å². The Morgan fingerprint density at radius 2 is 1.75 bits per heavy atom. The van der Waals surface area contributed by atoms with E-state index in [4.69, 9.17) is 10.2 Å². The van der Waals surface area contributed by atoms with E-state index in [9.17, 15) is 4.79 Å². The van der Waals surface area contributed by atoms with Gasteiger partial charge >= 0.3 is 11.6 Å². The van der Waals surface area contributed by atoms with Crippen molar-refractivity contribution in [3.63, 3.8) is 0 Å². The van der Waals surface area contributed by atoms with E-state index in [1.807, 2.05) is 56.3 Å². The Morgan fingerprint density at radius 1 is 1.03 bits per heavy atom. The normalized spacial score (nSPS) is 11.3. The lowest BCUT2D eigenvalue weighted by atomic mass is 9.99. The van der Waals surface area contributed by atoms with E-state index < -0.39 is 0 Å². The molecule has 0 saturated carbocycles. The second-order valence-electron chi connectivity index (χ2n) is 7.72. The number of anilines is 1. The van der Waals surface area contributed by atoms with Crippen LogP contribution in [0, 0.1) is 20.8 Å². The molecule has 9 heteroatoms. The molecule has 9 nitrogen and oxygen atoms in total. The highest BCUT2D eigenvalue weighted by atomic mass is 16.3.